The van der Waals surface area contributed by atoms with Gasteiger partial charge < -0.3 is 25.7 Å². The molecule has 1 aromatic rings. The molecule has 4 N–H and O–H groups in total. The molecule has 0 amide bonds. The second kappa shape index (κ2) is 6.41. The van der Waals surface area contributed by atoms with Crippen molar-refractivity contribution in [3.63, 3.8) is 0 Å². The van der Waals surface area contributed by atoms with Crippen molar-refractivity contribution in [1.82, 2.24) is 0 Å². The van der Waals surface area contributed by atoms with E-state index in [4.69, 9.17) is 25.7 Å². The maximum absolute atomic E-state index is 6.13. The molecule has 0 bridgehead atoms. The lowest BCUT2D eigenvalue weighted by Crippen LogP contribution is -2.68. The Kier molecular flexibility index (Phi) is 4.80. The summed E-state index contributed by atoms with van der Waals surface area (Å²) in [5.74, 6) is 0.0569. The van der Waals surface area contributed by atoms with Crippen molar-refractivity contribution in [1.29, 1.82) is 0 Å². The number of hydrogen-bond donors (Lipinski definition) is 2. The smallest absolute Gasteiger partial charge is 0.227 e. The number of rotatable bonds is 6. The molecule has 0 saturated heterocycles. The summed E-state index contributed by atoms with van der Waals surface area (Å²) < 4.78 is 17.2. The molecular weight excluding hydrogens is 268 g/mol. The van der Waals surface area contributed by atoms with E-state index in [1.54, 1.807) is 18.2 Å². The summed E-state index contributed by atoms with van der Waals surface area (Å²) in [5.41, 5.74) is 11.0. The van der Waals surface area contributed by atoms with E-state index in [9.17, 15) is 0 Å². The fourth-order valence-electron chi connectivity index (χ4n) is 2.19. The first-order valence-corrected chi connectivity index (χ1v) is 7.03. The van der Waals surface area contributed by atoms with Crippen LogP contribution in [0.5, 0.6) is 5.75 Å². The highest BCUT2D eigenvalue weighted by Crippen LogP contribution is 2.32. The molecule has 0 unspecified atom stereocenters. The van der Waals surface area contributed by atoms with Gasteiger partial charge >= 0.3 is 0 Å². The summed E-state index contributed by atoms with van der Waals surface area (Å²) in [4.78, 5) is 0. The van der Waals surface area contributed by atoms with E-state index in [0.29, 0.717) is 19.0 Å². The molecule has 1 aliphatic rings. The number of nitrogens with two attached hydrogens (primary N) is 2. The minimum atomic E-state index is -1.26. The average Bonchev–Trinajstić information content (AvgIpc) is 2.45. The number of allylic oxidation sites excluding steroid dienone is 1. The monoisotopic (exact) mass is 290 g/mol. The molecule has 0 aromatic heterocycles. The lowest BCUT2D eigenvalue weighted by molar-refractivity contribution is -0.229. The molecule has 0 atom stereocenters. The SMILES string of the molecule is CCOC1(OCC)C=C(Oc2ccccc2)C=CC1(N)N. The van der Waals surface area contributed by atoms with Crippen LogP contribution in [-0.2, 0) is 9.47 Å². The average molecular weight is 290 g/mol. The third kappa shape index (κ3) is 3.33. The van der Waals surface area contributed by atoms with Crippen molar-refractivity contribution in [3.8, 4) is 5.75 Å². The van der Waals surface area contributed by atoms with Crippen LogP contribution in [0, 0.1) is 0 Å². The van der Waals surface area contributed by atoms with E-state index < -0.39 is 11.4 Å². The van der Waals surface area contributed by atoms with E-state index in [0.717, 1.165) is 5.75 Å². The topological polar surface area (TPSA) is 79.7 Å². The zero-order chi connectivity index (χ0) is 15.3. The Labute approximate surface area is 125 Å². The van der Waals surface area contributed by atoms with Crippen molar-refractivity contribution >= 4 is 0 Å². The van der Waals surface area contributed by atoms with Gasteiger partial charge in [-0.25, -0.2) is 0 Å². The molecule has 0 fully saturated rings. The maximum atomic E-state index is 6.13. The Balaban J connectivity index is 2.30. The van der Waals surface area contributed by atoms with Gasteiger partial charge in [0.25, 0.3) is 0 Å². The Morgan fingerprint density at radius 3 is 2.19 bits per heavy atom. The normalized spacial score (nSPS) is 19.1. The van der Waals surface area contributed by atoms with Crippen LogP contribution >= 0.6 is 0 Å². The highest BCUT2D eigenvalue weighted by Gasteiger charge is 2.48. The molecule has 0 spiro atoms. The molecule has 5 nitrogen and oxygen atoms in total. The van der Waals surface area contributed by atoms with E-state index in [1.165, 1.54) is 0 Å². The molecular formula is C16H22N2O3. The fraction of sp³-hybridized carbons (Fsp3) is 0.375. The molecule has 2 rings (SSSR count). The molecule has 0 aliphatic heterocycles. The van der Waals surface area contributed by atoms with Gasteiger partial charge in [0.1, 0.15) is 17.2 Å². The first-order valence-electron chi connectivity index (χ1n) is 7.03. The van der Waals surface area contributed by atoms with Gasteiger partial charge in [0.2, 0.25) is 5.79 Å². The van der Waals surface area contributed by atoms with Gasteiger partial charge in [0, 0.05) is 19.3 Å². The summed E-state index contributed by atoms with van der Waals surface area (Å²) in [6.45, 7) is 4.56. The van der Waals surface area contributed by atoms with Crippen LogP contribution in [0.2, 0.25) is 0 Å². The lowest BCUT2D eigenvalue weighted by Gasteiger charge is -2.43. The fourth-order valence-corrected chi connectivity index (χ4v) is 2.19. The van der Waals surface area contributed by atoms with Gasteiger partial charge in [0.15, 0.2) is 0 Å². The minimum absolute atomic E-state index is 0.416. The van der Waals surface area contributed by atoms with Crippen LogP contribution in [0.1, 0.15) is 13.8 Å². The lowest BCUT2D eigenvalue weighted by atomic mass is 9.94. The van der Waals surface area contributed by atoms with Crippen LogP contribution in [-0.4, -0.2) is 24.7 Å². The van der Waals surface area contributed by atoms with Gasteiger partial charge in [-0.3, -0.25) is 0 Å². The summed E-state index contributed by atoms with van der Waals surface area (Å²) in [7, 11) is 0. The molecule has 0 radical (unpaired) electrons. The first kappa shape index (κ1) is 15.7. The van der Waals surface area contributed by atoms with E-state index in [-0.39, 0.29) is 0 Å². The van der Waals surface area contributed by atoms with Gasteiger partial charge in [-0.1, -0.05) is 18.2 Å². The number of para-hydroxylation sites is 1. The molecule has 0 saturated carbocycles. The van der Waals surface area contributed by atoms with E-state index in [2.05, 4.69) is 0 Å². The van der Waals surface area contributed by atoms with E-state index >= 15 is 0 Å². The van der Waals surface area contributed by atoms with Crippen LogP contribution < -0.4 is 16.2 Å². The van der Waals surface area contributed by atoms with Crippen molar-refractivity contribution in [3.05, 3.63) is 54.3 Å². The van der Waals surface area contributed by atoms with Crippen LogP contribution in [0.3, 0.4) is 0 Å². The summed E-state index contributed by atoms with van der Waals surface area (Å²) in [6, 6.07) is 9.45. The Morgan fingerprint density at radius 2 is 1.62 bits per heavy atom. The standard InChI is InChI=1S/C16H22N2O3/c1-3-19-16(20-4-2)12-14(10-11-15(16,17)18)21-13-8-6-5-7-9-13/h5-12H,3-4,17-18H2,1-2H3. The zero-order valence-electron chi connectivity index (χ0n) is 12.4. The van der Waals surface area contributed by atoms with Gasteiger partial charge in [-0.2, -0.15) is 0 Å². The van der Waals surface area contributed by atoms with Crippen LogP contribution in [0.4, 0.5) is 0 Å². The molecule has 21 heavy (non-hydrogen) atoms. The Bertz CT molecular complexity index is 518. The Hall–Kier alpha value is -1.66. The highest BCUT2D eigenvalue weighted by atomic mass is 16.7. The van der Waals surface area contributed by atoms with Crippen molar-refractivity contribution in [2.75, 3.05) is 13.2 Å². The van der Waals surface area contributed by atoms with Crippen molar-refractivity contribution in [2.24, 2.45) is 11.5 Å². The quantitative estimate of drug-likeness (QED) is 0.782. The summed E-state index contributed by atoms with van der Waals surface area (Å²) in [6.07, 6.45) is 5.05. The third-order valence-electron chi connectivity index (χ3n) is 3.16. The third-order valence-corrected chi connectivity index (χ3v) is 3.16. The number of ether oxygens (including phenoxy) is 3. The maximum Gasteiger partial charge on any atom is 0.227 e. The number of hydrogen-bond acceptors (Lipinski definition) is 5. The highest BCUT2D eigenvalue weighted by molar-refractivity contribution is 5.35. The second-order valence-electron chi connectivity index (χ2n) is 4.76. The molecule has 0 heterocycles. The van der Waals surface area contributed by atoms with Gasteiger partial charge in [-0.05, 0) is 38.1 Å². The minimum Gasteiger partial charge on any atom is -0.458 e. The van der Waals surface area contributed by atoms with E-state index in [1.807, 2.05) is 44.2 Å². The first-order chi connectivity index (χ1) is 10.0. The number of benzene rings is 1. The summed E-state index contributed by atoms with van der Waals surface area (Å²) >= 11 is 0. The van der Waals surface area contributed by atoms with Crippen molar-refractivity contribution in [2.45, 2.75) is 25.3 Å². The van der Waals surface area contributed by atoms with Gasteiger partial charge in [0.05, 0.1) is 0 Å². The molecule has 114 valence electrons. The molecule has 1 aliphatic carbocycles. The second-order valence-corrected chi connectivity index (χ2v) is 4.76. The van der Waals surface area contributed by atoms with Crippen molar-refractivity contribution < 1.29 is 14.2 Å². The van der Waals surface area contributed by atoms with Crippen LogP contribution in [0.25, 0.3) is 0 Å². The largest absolute Gasteiger partial charge is 0.458 e. The zero-order valence-corrected chi connectivity index (χ0v) is 12.4. The van der Waals surface area contributed by atoms with Crippen LogP contribution in [0.15, 0.2) is 54.3 Å². The predicted octanol–water partition coefficient (Wildman–Crippen LogP) is 1.90. The molecule has 1 aromatic carbocycles. The Morgan fingerprint density at radius 1 is 1.00 bits per heavy atom. The predicted molar refractivity (Wildman–Crippen MR) is 81.4 cm³/mol. The molecule has 5 heteroatoms. The summed E-state index contributed by atoms with van der Waals surface area (Å²) in [5, 5.41) is 0. The van der Waals surface area contributed by atoms with Gasteiger partial charge in [-0.15, -0.1) is 0 Å².